The molecule has 0 fully saturated rings. The number of allylic oxidation sites excluding steroid dienone is 1. The quantitative estimate of drug-likeness (QED) is 0.678. The van der Waals surface area contributed by atoms with Crippen molar-refractivity contribution < 1.29 is 0 Å². The smallest absolute Gasteiger partial charge is 0.103 e. The molecular weight excluding hydrogens is 160 g/mol. The fourth-order valence-corrected chi connectivity index (χ4v) is 1.51. The van der Waals surface area contributed by atoms with Crippen LogP contribution in [0.1, 0.15) is 18.7 Å². The first kappa shape index (κ1) is 8.32. The van der Waals surface area contributed by atoms with Gasteiger partial charge in [0.05, 0.1) is 0 Å². The highest BCUT2D eigenvalue weighted by Gasteiger charge is 2.11. The second-order valence-electron chi connectivity index (χ2n) is 3.28. The normalized spacial score (nSPS) is 21.9. The van der Waals surface area contributed by atoms with Gasteiger partial charge in [-0.15, -0.1) is 0 Å². The van der Waals surface area contributed by atoms with Gasteiger partial charge in [0.1, 0.15) is 6.17 Å². The molecule has 0 radical (unpaired) electrons. The monoisotopic (exact) mass is 174 g/mol. The van der Waals surface area contributed by atoms with Crippen LogP contribution < -0.4 is 10.6 Å². The molecule has 1 atom stereocenters. The lowest BCUT2D eigenvalue weighted by molar-refractivity contribution is 0.478. The zero-order valence-electron chi connectivity index (χ0n) is 7.75. The molecule has 2 heteroatoms. The van der Waals surface area contributed by atoms with E-state index >= 15 is 0 Å². The van der Waals surface area contributed by atoms with E-state index in [0.717, 1.165) is 6.54 Å². The number of rotatable bonds is 1. The molecule has 0 aromatic heterocycles. The minimum Gasteiger partial charge on any atom is -0.370 e. The maximum Gasteiger partial charge on any atom is 0.103 e. The van der Waals surface area contributed by atoms with Crippen LogP contribution in [0, 0.1) is 0 Å². The van der Waals surface area contributed by atoms with Crippen molar-refractivity contribution in [1.82, 2.24) is 10.6 Å². The Hall–Kier alpha value is -1.28. The Balaban J connectivity index is 2.15. The molecule has 1 aromatic rings. The Kier molecular flexibility index (Phi) is 2.32. The fraction of sp³-hybridized carbons (Fsp3) is 0.273. The van der Waals surface area contributed by atoms with Crippen LogP contribution >= 0.6 is 0 Å². The summed E-state index contributed by atoms with van der Waals surface area (Å²) in [6.07, 6.45) is 2.42. The molecule has 1 unspecified atom stereocenters. The number of nitrogens with one attached hydrogen (secondary N) is 2. The third-order valence-corrected chi connectivity index (χ3v) is 2.24. The average Bonchev–Trinajstić information content (AvgIpc) is 2.19. The van der Waals surface area contributed by atoms with Gasteiger partial charge in [0.25, 0.3) is 0 Å². The van der Waals surface area contributed by atoms with E-state index < -0.39 is 0 Å². The summed E-state index contributed by atoms with van der Waals surface area (Å²) in [5.74, 6) is 0. The van der Waals surface area contributed by atoms with Crippen molar-refractivity contribution in [3.63, 3.8) is 0 Å². The summed E-state index contributed by atoms with van der Waals surface area (Å²) in [7, 11) is 0. The maximum atomic E-state index is 3.38. The average molecular weight is 174 g/mol. The molecule has 1 heterocycles. The SMILES string of the molecule is CC1=CCNC(c2ccccc2)N1. The number of hydrogen-bond acceptors (Lipinski definition) is 2. The molecular formula is C11H14N2. The zero-order valence-corrected chi connectivity index (χ0v) is 7.75. The van der Waals surface area contributed by atoms with Gasteiger partial charge in [-0.3, -0.25) is 5.32 Å². The minimum atomic E-state index is 0.270. The summed E-state index contributed by atoms with van der Waals surface area (Å²) in [6.45, 7) is 3.04. The first-order valence-electron chi connectivity index (χ1n) is 4.58. The van der Waals surface area contributed by atoms with Gasteiger partial charge in [0, 0.05) is 12.2 Å². The van der Waals surface area contributed by atoms with E-state index in [0.29, 0.717) is 0 Å². The van der Waals surface area contributed by atoms with Gasteiger partial charge in [0.2, 0.25) is 0 Å². The first-order chi connectivity index (χ1) is 6.36. The summed E-state index contributed by atoms with van der Waals surface area (Å²) in [4.78, 5) is 0. The topological polar surface area (TPSA) is 24.1 Å². The van der Waals surface area contributed by atoms with Gasteiger partial charge in [-0.25, -0.2) is 0 Å². The van der Waals surface area contributed by atoms with Crippen LogP contribution in [-0.2, 0) is 0 Å². The van der Waals surface area contributed by atoms with Gasteiger partial charge >= 0.3 is 0 Å². The summed E-state index contributed by atoms with van der Waals surface area (Å²) in [5, 5.41) is 6.76. The van der Waals surface area contributed by atoms with Crippen molar-refractivity contribution >= 4 is 0 Å². The summed E-state index contributed by atoms with van der Waals surface area (Å²) in [6, 6.07) is 10.4. The molecule has 0 saturated carbocycles. The van der Waals surface area contributed by atoms with Gasteiger partial charge in [-0.2, -0.15) is 0 Å². The molecule has 1 aromatic carbocycles. The van der Waals surface area contributed by atoms with E-state index in [-0.39, 0.29) is 6.17 Å². The molecule has 0 spiro atoms. The molecule has 13 heavy (non-hydrogen) atoms. The van der Waals surface area contributed by atoms with Crippen LogP contribution in [0.15, 0.2) is 42.1 Å². The molecule has 0 aliphatic carbocycles. The lowest BCUT2D eigenvalue weighted by atomic mass is 10.1. The van der Waals surface area contributed by atoms with Crippen molar-refractivity contribution in [1.29, 1.82) is 0 Å². The highest BCUT2D eigenvalue weighted by molar-refractivity contribution is 5.21. The second kappa shape index (κ2) is 3.62. The lowest BCUT2D eigenvalue weighted by Crippen LogP contribution is -2.37. The predicted molar refractivity (Wildman–Crippen MR) is 54.1 cm³/mol. The molecule has 0 saturated heterocycles. The van der Waals surface area contributed by atoms with E-state index in [2.05, 4.69) is 47.9 Å². The summed E-state index contributed by atoms with van der Waals surface area (Å²) in [5.41, 5.74) is 2.53. The van der Waals surface area contributed by atoms with E-state index in [1.54, 1.807) is 0 Å². The van der Waals surface area contributed by atoms with Crippen LogP contribution in [0.3, 0.4) is 0 Å². The molecule has 2 nitrogen and oxygen atoms in total. The standard InChI is InChI=1S/C11H14N2/c1-9-7-8-12-11(13-9)10-5-3-2-4-6-10/h2-7,11-13H,8H2,1H3. The third-order valence-electron chi connectivity index (χ3n) is 2.24. The Morgan fingerprint density at radius 3 is 2.69 bits per heavy atom. The van der Waals surface area contributed by atoms with Crippen molar-refractivity contribution in [2.75, 3.05) is 6.54 Å². The number of benzene rings is 1. The molecule has 1 aliphatic rings. The molecule has 2 N–H and O–H groups in total. The van der Waals surface area contributed by atoms with Gasteiger partial charge in [0.15, 0.2) is 0 Å². The highest BCUT2D eigenvalue weighted by Crippen LogP contribution is 2.13. The van der Waals surface area contributed by atoms with E-state index in [1.165, 1.54) is 11.3 Å². The van der Waals surface area contributed by atoms with Crippen LogP contribution in [0.5, 0.6) is 0 Å². The first-order valence-corrected chi connectivity index (χ1v) is 4.58. The van der Waals surface area contributed by atoms with Crippen molar-refractivity contribution in [3.8, 4) is 0 Å². The highest BCUT2D eigenvalue weighted by atomic mass is 15.1. The molecule has 0 amide bonds. The van der Waals surface area contributed by atoms with Crippen LogP contribution in [0.2, 0.25) is 0 Å². The minimum absolute atomic E-state index is 0.270. The van der Waals surface area contributed by atoms with Crippen molar-refractivity contribution in [2.45, 2.75) is 13.1 Å². The molecule has 2 rings (SSSR count). The predicted octanol–water partition coefficient (Wildman–Crippen LogP) is 1.78. The Morgan fingerprint density at radius 1 is 1.23 bits per heavy atom. The lowest BCUT2D eigenvalue weighted by Gasteiger charge is -2.25. The van der Waals surface area contributed by atoms with E-state index in [1.807, 2.05) is 6.07 Å². The maximum absolute atomic E-state index is 3.38. The third kappa shape index (κ3) is 1.90. The Labute approximate surface area is 78.7 Å². The van der Waals surface area contributed by atoms with E-state index in [4.69, 9.17) is 0 Å². The summed E-state index contributed by atoms with van der Waals surface area (Å²) < 4.78 is 0. The van der Waals surface area contributed by atoms with Crippen LogP contribution in [-0.4, -0.2) is 6.54 Å². The zero-order chi connectivity index (χ0) is 9.10. The second-order valence-corrected chi connectivity index (χ2v) is 3.28. The largest absolute Gasteiger partial charge is 0.370 e. The fourth-order valence-electron chi connectivity index (χ4n) is 1.51. The molecule has 1 aliphatic heterocycles. The molecule has 0 bridgehead atoms. The van der Waals surface area contributed by atoms with Crippen LogP contribution in [0.25, 0.3) is 0 Å². The van der Waals surface area contributed by atoms with Gasteiger partial charge < -0.3 is 5.32 Å². The summed E-state index contributed by atoms with van der Waals surface area (Å²) >= 11 is 0. The Morgan fingerprint density at radius 2 is 2.00 bits per heavy atom. The van der Waals surface area contributed by atoms with Gasteiger partial charge in [-0.1, -0.05) is 36.4 Å². The molecule has 68 valence electrons. The van der Waals surface area contributed by atoms with Gasteiger partial charge in [-0.05, 0) is 12.5 Å². The Bertz CT molecular complexity index is 303. The number of hydrogen-bond donors (Lipinski definition) is 2. The van der Waals surface area contributed by atoms with Crippen molar-refractivity contribution in [2.24, 2.45) is 0 Å². The van der Waals surface area contributed by atoms with Crippen LogP contribution in [0.4, 0.5) is 0 Å². The van der Waals surface area contributed by atoms with Crippen molar-refractivity contribution in [3.05, 3.63) is 47.7 Å². The van der Waals surface area contributed by atoms with E-state index in [9.17, 15) is 0 Å².